The number of hydrogen-bond donors (Lipinski definition) is 1. The van der Waals surface area contributed by atoms with Crippen molar-refractivity contribution in [1.82, 2.24) is 9.55 Å². The number of fused-ring (bicyclic) bond motifs is 1. The summed E-state index contributed by atoms with van der Waals surface area (Å²) in [5.41, 5.74) is 11.2. The quantitative estimate of drug-likeness (QED) is 0.268. The number of rotatable bonds is 2. The van der Waals surface area contributed by atoms with E-state index < -0.39 is 0 Å². The van der Waals surface area contributed by atoms with Gasteiger partial charge in [-0.25, -0.2) is 0 Å². The maximum absolute atomic E-state index is 3.69. The third-order valence-electron chi connectivity index (χ3n) is 8.05. The highest BCUT2D eigenvalue weighted by molar-refractivity contribution is 6.38. The van der Waals surface area contributed by atoms with Gasteiger partial charge in [-0.2, -0.15) is 0 Å². The second-order valence-corrected chi connectivity index (χ2v) is 9.85. The molecule has 0 fully saturated rings. The van der Waals surface area contributed by atoms with E-state index in [-0.39, 0.29) is 0 Å². The lowest BCUT2D eigenvalue weighted by molar-refractivity contribution is 1.18. The highest BCUT2D eigenvalue weighted by Gasteiger charge is 2.24. The first-order valence-electron chi connectivity index (χ1n) is 12.5. The van der Waals surface area contributed by atoms with Gasteiger partial charge in [0.05, 0.1) is 11.0 Å². The van der Waals surface area contributed by atoms with Crippen LogP contribution < -0.4 is 0 Å². The largest absolute Gasteiger partial charge is 0.354 e. The van der Waals surface area contributed by atoms with Crippen LogP contribution >= 0.6 is 0 Å². The molecular weight excluding hydrogens is 436 g/mol. The molecule has 0 saturated heterocycles. The van der Waals surface area contributed by atoms with Crippen molar-refractivity contribution in [2.75, 3.05) is 0 Å². The van der Waals surface area contributed by atoms with Gasteiger partial charge in [0, 0.05) is 43.7 Å². The van der Waals surface area contributed by atoms with Gasteiger partial charge in [-0.3, -0.25) is 0 Å². The zero-order valence-corrected chi connectivity index (χ0v) is 19.4. The van der Waals surface area contributed by atoms with Crippen LogP contribution in [0.1, 0.15) is 0 Å². The van der Waals surface area contributed by atoms with Crippen molar-refractivity contribution in [2.45, 2.75) is 0 Å². The highest BCUT2D eigenvalue weighted by Crippen LogP contribution is 2.49. The Kier molecular flexibility index (Phi) is 3.31. The predicted octanol–water partition coefficient (Wildman–Crippen LogP) is 9.22. The summed E-state index contributed by atoms with van der Waals surface area (Å²) in [6.45, 7) is 0. The minimum absolute atomic E-state index is 1.19. The smallest absolute Gasteiger partial charge is 0.0548 e. The Bertz CT molecular complexity index is 2180. The molecule has 0 spiro atoms. The van der Waals surface area contributed by atoms with Crippen molar-refractivity contribution in [3.8, 4) is 27.9 Å². The molecule has 2 aromatic heterocycles. The predicted molar refractivity (Wildman–Crippen MR) is 152 cm³/mol. The fraction of sp³-hybridized carbons (Fsp3) is 0. The van der Waals surface area contributed by atoms with Crippen LogP contribution in [-0.4, -0.2) is 9.55 Å². The molecular formula is C34H20N2. The van der Waals surface area contributed by atoms with Gasteiger partial charge >= 0.3 is 0 Å². The third kappa shape index (κ3) is 2.18. The van der Waals surface area contributed by atoms with Crippen LogP contribution in [0.3, 0.4) is 0 Å². The summed E-state index contributed by atoms with van der Waals surface area (Å²) in [7, 11) is 0. The monoisotopic (exact) mass is 456 g/mol. The number of H-pyrrole nitrogens is 1. The third-order valence-corrected chi connectivity index (χ3v) is 8.05. The first-order chi connectivity index (χ1) is 17.9. The molecule has 1 aliphatic carbocycles. The standard InChI is InChI=1S/C34H20N2/c1-2-6-20(7-3-1)21-12-16-23(17-13-21)36-28-11-5-9-25-24-8-4-10-26-31(24)33-27(35-26)18-14-22-15-19-29(36)34(30(22)33)32(25)28/h1-19,35H. The lowest BCUT2D eigenvalue weighted by atomic mass is 9.98. The van der Waals surface area contributed by atoms with Crippen LogP contribution in [0.15, 0.2) is 115 Å². The number of nitrogens with zero attached hydrogens (tertiary/aromatic N) is 1. The number of aromatic amines is 1. The maximum atomic E-state index is 3.69. The Hall–Kier alpha value is -4.82. The van der Waals surface area contributed by atoms with Gasteiger partial charge in [0.15, 0.2) is 0 Å². The first-order valence-corrected chi connectivity index (χ1v) is 12.5. The summed E-state index contributed by atoms with van der Waals surface area (Å²) < 4.78 is 2.44. The highest BCUT2D eigenvalue weighted by atomic mass is 15.0. The lowest BCUT2D eigenvalue weighted by Crippen LogP contribution is -1.94. The SMILES string of the molecule is c1ccc(-c2ccc(-n3c4cccc5c4c4c6c(ccc7[nH]c8cccc-5c8c76)ccc43)cc2)cc1. The molecule has 2 heterocycles. The molecule has 0 amide bonds. The summed E-state index contributed by atoms with van der Waals surface area (Å²) >= 11 is 0. The minimum atomic E-state index is 1.19. The van der Waals surface area contributed by atoms with Gasteiger partial charge < -0.3 is 9.55 Å². The van der Waals surface area contributed by atoms with E-state index >= 15 is 0 Å². The first kappa shape index (κ1) is 18.5. The van der Waals surface area contributed by atoms with Crippen LogP contribution in [0.5, 0.6) is 0 Å². The molecule has 0 atom stereocenters. The molecule has 9 rings (SSSR count). The summed E-state index contributed by atoms with van der Waals surface area (Å²) in [5.74, 6) is 0. The lowest BCUT2D eigenvalue weighted by Gasteiger charge is -2.11. The van der Waals surface area contributed by atoms with Gasteiger partial charge in [-0.05, 0) is 64.0 Å². The molecule has 0 bridgehead atoms. The second kappa shape index (κ2) is 6.44. The second-order valence-electron chi connectivity index (χ2n) is 9.85. The molecule has 8 aromatic rings. The normalized spacial score (nSPS) is 12.4. The molecule has 1 N–H and O–H groups in total. The van der Waals surface area contributed by atoms with Crippen molar-refractivity contribution in [2.24, 2.45) is 0 Å². The van der Waals surface area contributed by atoms with Crippen molar-refractivity contribution in [1.29, 1.82) is 0 Å². The Balaban J connectivity index is 1.46. The molecule has 2 heteroatoms. The van der Waals surface area contributed by atoms with E-state index in [2.05, 4.69) is 125 Å². The Morgan fingerprint density at radius 2 is 1.11 bits per heavy atom. The minimum Gasteiger partial charge on any atom is -0.354 e. The maximum Gasteiger partial charge on any atom is 0.0548 e. The Morgan fingerprint density at radius 1 is 0.417 bits per heavy atom. The number of benzene rings is 6. The average molecular weight is 457 g/mol. The average Bonchev–Trinajstić information content (AvgIpc) is 3.45. The number of hydrogen-bond acceptors (Lipinski definition) is 0. The van der Waals surface area contributed by atoms with E-state index in [0.717, 1.165) is 0 Å². The van der Waals surface area contributed by atoms with Gasteiger partial charge in [0.2, 0.25) is 0 Å². The van der Waals surface area contributed by atoms with E-state index in [1.165, 1.54) is 82.3 Å². The van der Waals surface area contributed by atoms with E-state index in [1.807, 2.05) is 0 Å². The van der Waals surface area contributed by atoms with Gasteiger partial charge in [0.1, 0.15) is 0 Å². The van der Waals surface area contributed by atoms with Crippen LogP contribution in [0.25, 0.3) is 82.3 Å². The molecule has 0 aliphatic heterocycles. The molecule has 2 nitrogen and oxygen atoms in total. The fourth-order valence-corrected chi connectivity index (χ4v) is 6.56. The van der Waals surface area contributed by atoms with Gasteiger partial charge in [-0.15, -0.1) is 0 Å². The molecule has 36 heavy (non-hydrogen) atoms. The number of nitrogens with one attached hydrogen (secondary N) is 1. The van der Waals surface area contributed by atoms with E-state index in [4.69, 9.17) is 0 Å². The van der Waals surface area contributed by atoms with Gasteiger partial charge in [-0.1, -0.05) is 78.9 Å². The zero-order chi connectivity index (χ0) is 23.4. The van der Waals surface area contributed by atoms with E-state index in [0.29, 0.717) is 0 Å². The van der Waals surface area contributed by atoms with Crippen LogP contribution in [-0.2, 0) is 0 Å². The summed E-state index contributed by atoms with van der Waals surface area (Å²) in [6, 6.07) is 42.1. The summed E-state index contributed by atoms with van der Waals surface area (Å²) in [4.78, 5) is 3.69. The molecule has 1 aliphatic rings. The summed E-state index contributed by atoms with van der Waals surface area (Å²) in [5, 5.41) is 8.04. The molecule has 0 unspecified atom stereocenters. The van der Waals surface area contributed by atoms with E-state index in [9.17, 15) is 0 Å². The van der Waals surface area contributed by atoms with E-state index in [1.54, 1.807) is 0 Å². The fourth-order valence-electron chi connectivity index (χ4n) is 6.56. The Morgan fingerprint density at radius 3 is 1.97 bits per heavy atom. The number of aromatic nitrogens is 2. The molecule has 0 saturated carbocycles. The topological polar surface area (TPSA) is 20.7 Å². The van der Waals surface area contributed by atoms with Crippen molar-refractivity contribution >= 4 is 54.4 Å². The van der Waals surface area contributed by atoms with Crippen molar-refractivity contribution in [3.05, 3.63) is 115 Å². The van der Waals surface area contributed by atoms with Gasteiger partial charge in [0.25, 0.3) is 0 Å². The molecule has 0 radical (unpaired) electrons. The molecule has 6 aromatic carbocycles. The van der Waals surface area contributed by atoms with Crippen molar-refractivity contribution < 1.29 is 0 Å². The summed E-state index contributed by atoms with van der Waals surface area (Å²) in [6.07, 6.45) is 0. The zero-order valence-electron chi connectivity index (χ0n) is 19.4. The Labute approximate surface area is 207 Å². The van der Waals surface area contributed by atoms with Crippen LogP contribution in [0.2, 0.25) is 0 Å². The van der Waals surface area contributed by atoms with Crippen LogP contribution in [0.4, 0.5) is 0 Å². The van der Waals surface area contributed by atoms with Crippen molar-refractivity contribution in [3.63, 3.8) is 0 Å². The molecule has 166 valence electrons. The van der Waals surface area contributed by atoms with Crippen LogP contribution in [0, 0.1) is 0 Å².